The van der Waals surface area contributed by atoms with E-state index in [1.807, 2.05) is 18.2 Å². The third kappa shape index (κ3) is 6.33. The molecule has 8 heteroatoms. The first-order chi connectivity index (χ1) is 16.3. The highest BCUT2D eigenvalue weighted by Crippen LogP contribution is 2.24. The van der Waals surface area contributed by atoms with Gasteiger partial charge in [0.15, 0.2) is 10.9 Å². The molecule has 0 aliphatic rings. The maximum absolute atomic E-state index is 13.3. The molecule has 2 aromatic carbocycles. The summed E-state index contributed by atoms with van der Waals surface area (Å²) in [4.78, 5) is 44.6. The zero-order chi connectivity index (χ0) is 24.7. The van der Waals surface area contributed by atoms with Crippen LogP contribution in [0.1, 0.15) is 44.5 Å². The molecule has 180 valence electrons. The van der Waals surface area contributed by atoms with Gasteiger partial charge in [0.1, 0.15) is 0 Å². The Balaban J connectivity index is 1.80. The molecule has 0 saturated heterocycles. The number of benzene rings is 2. The molecule has 7 nitrogen and oxygen atoms in total. The number of thioether (sulfide) groups is 1. The zero-order valence-corrected chi connectivity index (χ0v) is 21.0. The maximum atomic E-state index is 13.3. The van der Waals surface area contributed by atoms with Gasteiger partial charge in [-0.25, -0.2) is 4.98 Å². The molecule has 1 unspecified atom stereocenters. The molecule has 0 aliphatic carbocycles. The predicted octanol–water partition coefficient (Wildman–Crippen LogP) is 4.45. The molecule has 1 aromatic heterocycles. The average molecular weight is 481 g/mol. The lowest BCUT2D eigenvalue weighted by molar-refractivity contribution is -0.115. The normalized spacial score (nSPS) is 12.1. The van der Waals surface area contributed by atoms with E-state index < -0.39 is 5.25 Å². The van der Waals surface area contributed by atoms with Crippen LogP contribution in [0.25, 0.3) is 10.9 Å². The van der Waals surface area contributed by atoms with Gasteiger partial charge in [0.2, 0.25) is 5.91 Å². The largest absolute Gasteiger partial charge is 0.325 e. The number of aromatic nitrogens is 2. The topological polar surface area (TPSA) is 84.3 Å². The number of Topliss-reactive ketones (excluding diaryl/α,β-unsaturated/α-hetero) is 1. The van der Waals surface area contributed by atoms with Crippen LogP contribution in [0.15, 0.2) is 58.5 Å². The number of hydrogen-bond acceptors (Lipinski definition) is 6. The summed E-state index contributed by atoms with van der Waals surface area (Å²) in [6.07, 6.45) is 0.818. The Morgan fingerprint density at radius 3 is 2.41 bits per heavy atom. The van der Waals surface area contributed by atoms with E-state index in [-0.39, 0.29) is 17.2 Å². The predicted molar refractivity (Wildman–Crippen MR) is 139 cm³/mol. The minimum Gasteiger partial charge on any atom is -0.325 e. The summed E-state index contributed by atoms with van der Waals surface area (Å²) in [5.74, 6) is -0.221. The number of anilines is 1. The first-order valence-corrected chi connectivity index (χ1v) is 12.5. The van der Waals surface area contributed by atoms with E-state index in [2.05, 4.69) is 24.1 Å². The molecule has 0 aliphatic heterocycles. The molecule has 34 heavy (non-hydrogen) atoms. The number of rotatable bonds is 11. The Labute approximate surface area is 204 Å². The SMILES string of the molecule is CCN(CC)CCCn1c(SC(C)C(=O)Nc2ccc(C(C)=O)cc2)nc2ccccc2c1=O. The van der Waals surface area contributed by atoms with Crippen LogP contribution in [0, 0.1) is 0 Å². The molecule has 1 amide bonds. The average Bonchev–Trinajstić information content (AvgIpc) is 2.83. The van der Waals surface area contributed by atoms with Crippen LogP contribution in [0.2, 0.25) is 0 Å². The second-order valence-corrected chi connectivity index (χ2v) is 9.44. The van der Waals surface area contributed by atoms with Crippen molar-refractivity contribution < 1.29 is 9.59 Å². The van der Waals surface area contributed by atoms with Crippen molar-refractivity contribution in [3.63, 3.8) is 0 Å². The minimum absolute atomic E-state index is 0.0249. The third-order valence-electron chi connectivity index (χ3n) is 5.79. The summed E-state index contributed by atoms with van der Waals surface area (Å²) in [5, 5.41) is 3.52. The molecular weight excluding hydrogens is 448 g/mol. The monoisotopic (exact) mass is 480 g/mol. The molecule has 3 aromatic rings. The lowest BCUT2D eigenvalue weighted by Crippen LogP contribution is -2.29. The van der Waals surface area contributed by atoms with Gasteiger partial charge in [-0.15, -0.1) is 0 Å². The molecule has 1 N–H and O–H groups in total. The second kappa shape index (κ2) is 11.9. The fraction of sp³-hybridized carbons (Fsp3) is 0.385. The Hall–Kier alpha value is -2.97. The van der Waals surface area contributed by atoms with E-state index in [1.165, 1.54) is 18.7 Å². The minimum atomic E-state index is -0.477. The van der Waals surface area contributed by atoms with Gasteiger partial charge in [-0.1, -0.05) is 37.7 Å². The van der Waals surface area contributed by atoms with Gasteiger partial charge >= 0.3 is 0 Å². The molecule has 3 rings (SSSR count). The highest BCUT2D eigenvalue weighted by molar-refractivity contribution is 8.00. The van der Waals surface area contributed by atoms with Crippen molar-refractivity contribution >= 4 is 40.0 Å². The van der Waals surface area contributed by atoms with E-state index in [0.29, 0.717) is 33.9 Å². The number of fused-ring (bicyclic) bond motifs is 1. The molecule has 1 atom stereocenters. The van der Waals surface area contributed by atoms with E-state index >= 15 is 0 Å². The Morgan fingerprint density at radius 1 is 1.09 bits per heavy atom. The molecule has 1 heterocycles. The fourth-order valence-electron chi connectivity index (χ4n) is 3.67. The van der Waals surface area contributed by atoms with Crippen molar-refractivity contribution in [2.45, 2.75) is 51.1 Å². The fourth-order valence-corrected chi connectivity index (χ4v) is 4.61. The van der Waals surface area contributed by atoms with Crippen LogP contribution >= 0.6 is 11.8 Å². The van der Waals surface area contributed by atoms with Crippen LogP contribution in [-0.4, -0.2) is 51.0 Å². The number of carbonyl (C=O) groups excluding carboxylic acids is 2. The van der Waals surface area contributed by atoms with Gasteiger partial charge in [-0.2, -0.15) is 0 Å². The number of ketones is 1. The smallest absolute Gasteiger partial charge is 0.262 e. The van der Waals surface area contributed by atoms with Gasteiger partial charge in [0.25, 0.3) is 5.56 Å². The van der Waals surface area contributed by atoms with Crippen LogP contribution in [0.5, 0.6) is 0 Å². The lowest BCUT2D eigenvalue weighted by Gasteiger charge is -2.20. The Morgan fingerprint density at radius 2 is 1.76 bits per heavy atom. The van der Waals surface area contributed by atoms with E-state index in [0.717, 1.165) is 26.1 Å². The van der Waals surface area contributed by atoms with Gasteiger partial charge in [0, 0.05) is 17.8 Å². The molecule has 0 saturated carbocycles. The van der Waals surface area contributed by atoms with Gasteiger partial charge in [-0.3, -0.25) is 19.0 Å². The van der Waals surface area contributed by atoms with Crippen LogP contribution in [-0.2, 0) is 11.3 Å². The number of nitrogens with one attached hydrogen (secondary N) is 1. The first-order valence-electron chi connectivity index (χ1n) is 11.6. The summed E-state index contributed by atoms with van der Waals surface area (Å²) < 4.78 is 1.70. The van der Waals surface area contributed by atoms with Gasteiger partial charge in [0.05, 0.1) is 16.2 Å². The second-order valence-electron chi connectivity index (χ2n) is 8.13. The van der Waals surface area contributed by atoms with Gasteiger partial charge < -0.3 is 10.2 Å². The quantitative estimate of drug-likeness (QED) is 0.248. The third-order valence-corrected chi connectivity index (χ3v) is 6.88. The molecule has 0 fully saturated rings. The standard InChI is InChI=1S/C26H32N4O3S/c1-5-29(6-2)16-9-17-30-25(33)22-10-7-8-11-23(22)28-26(30)34-19(4)24(32)27-21-14-12-20(13-15-21)18(3)31/h7-8,10-15,19H,5-6,9,16-17H2,1-4H3,(H,27,32). The zero-order valence-electron chi connectivity index (χ0n) is 20.2. The van der Waals surface area contributed by atoms with Crippen LogP contribution in [0.4, 0.5) is 5.69 Å². The van der Waals surface area contributed by atoms with Gasteiger partial charge in [-0.05, 0) is 76.3 Å². The number of amides is 1. The summed E-state index contributed by atoms with van der Waals surface area (Å²) in [5.41, 5.74) is 1.75. The van der Waals surface area contributed by atoms with E-state index in [1.54, 1.807) is 41.8 Å². The highest BCUT2D eigenvalue weighted by atomic mass is 32.2. The summed E-state index contributed by atoms with van der Waals surface area (Å²) in [7, 11) is 0. The van der Waals surface area contributed by atoms with Crippen molar-refractivity contribution in [2.24, 2.45) is 0 Å². The van der Waals surface area contributed by atoms with Crippen molar-refractivity contribution in [1.29, 1.82) is 0 Å². The molecule has 0 radical (unpaired) electrons. The molecule has 0 spiro atoms. The maximum Gasteiger partial charge on any atom is 0.262 e. The first kappa shape index (κ1) is 25.6. The van der Waals surface area contributed by atoms with Crippen molar-refractivity contribution in [2.75, 3.05) is 25.0 Å². The summed E-state index contributed by atoms with van der Waals surface area (Å²) >= 11 is 1.28. The summed E-state index contributed by atoms with van der Waals surface area (Å²) in [6.45, 7) is 10.9. The van der Waals surface area contributed by atoms with E-state index in [4.69, 9.17) is 4.98 Å². The number of hydrogen-bond donors (Lipinski definition) is 1. The molecule has 0 bridgehead atoms. The lowest BCUT2D eigenvalue weighted by atomic mass is 10.1. The van der Waals surface area contributed by atoms with Crippen molar-refractivity contribution in [3.8, 4) is 0 Å². The number of nitrogens with zero attached hydrogens (tertiary/aromatic N) is 3. The van der Waals surface area contributed by atoms with Crippen LogP contribution in [0.3, 0.4) is 0 Å². The highest BCUT2D eigenvalue weighted by Gasteiger charge is 2.20. The number of para-hydroxylation sites is 1. The summed E-state index contributed by atoms with van der Waals surface area (Å²) in [6, 6.07) is 14.1. The van der Waals surface area contributed by atoms with E-state index in [9.17, 15) is 14.4 Å². The Kier molecular flexibility index (Phi) is 9.01. The Bertz CT molecular complexity index is 1200. The van der Waals surface area contributed by atoms with Crippen LogP contribution < -0.4 is 10.9 Å². The molecular formula is C26H32N4O3S. The van der Waals surface area contributed by atoms with Crippen molar-refractivity contribution in [1.82, 2.24) is 14.5 Å². The number of carbonyl (C=O) groups is 2. The van der Waals surface area contributed by atoms with Crippen molar-refractivity contribution in [3.05, 3.63) is 64.4 Å².